The second-order valence-corrected chi connectivity index (χ2v) is 7.01. The van der Waals surface area contributed by atoms with E-state index in [4.69, 9.17) is 0 Å². The molecule has 0 unspecified atom stereocenters. The van der Waals surface area contributed by atoms with E-state index in [0.29, 0.717) is 11.0 Å². The van der Waals surface area contributed by atoms with E-state index in [1.54, 1.807) is 0 Å². The highest BCUT2D eigenvalue weighted by molar-refractivity contribution is 5.19. The lowest BCUT2D eigenvalue weighted by Gasteiger charge is -2.45. The molecule has 1 heteroatoms. The van der Waals surface area contributed by atoms with Crippen molar-refractivity contribution in [1.82, 2.24) is 4.90 Å². The lowest BCUT2D eigenvalue weighted by molar-refractivity contribution is 0.0422. The minimum Gasteiger partial charge on any atom is -0.293 e. The number of fused-ring (bicyclic) bond motifs is 1. The van der Waals surface area contributed by atoms with Crippen LogP contribution in [0.3, 0.4) is 0 Å². The van der Waals surface area contributed by atoms with Crippen molar-refractivity contribution in [1.29, 1.82) is 0 Å². The summed E-state index contributed by atoms with van der Waals surface area (Å²) < 4.78 is 0. The van der Waals surface area contributed by atoms with E-state index in [9.17, 15) is 0 Å². The molecule has 0 spiro atoms. The molecule has 0 N–H and O–H groups in total. The maximum absolute atomic E-state index is 2.78. The molecule has 0 amide bonds. The molecule has 19 heavy (non-hydrogen) atoms. The van der Waals surface area contributed by atoms with Crippen molar-refractivity contribution in [2.45, 2.75) is 58.5 Å². The fraction of sp³-hybridized carbons (Fsp3) is 0.667. The van der Waals surface area contributed by atoms with Crippen molar-refractivity contribution in [2.24, 2.45) is 11.3 Å². The van der Waals surface area contributed by atoms with Gasteiger partial charge in [0, 0.05) is 12.1 Å². The molecule has 1 nitrogen and oxygen atoms in total. The van der Waals surface area contributed by atoms with E-state index >= 15 is 0 Å². The van der Waals surface area contributed by atoms with Gasteiger partial charge < -0.3 is 0 Å². The summed E-state index contributed by atoms with van der Waals surface area (Å²) in [6.07, 6.45) is 5.56. The molecule has 1 aromatic carbocycles. The van der Waals surface area contributed by atoms with Crippen molar-refractivity contribution in [2.75, 3.05) is 6.54 Å². The van der Waals surface area contributed by atoms with Crippen LogP contribution in [0.5, 0.6) is 0 Å². The van der Waals surface area contributed by atoms with Gasteiger partial charge in [0.05, 0.1) is 0 Å². The Hall–Kier alpha value is -0.820. The summed E-state index contributed by atoms with van der Waals surface area (Å²) in [5.41, 5.74) is 2.43. The van der Waals surface area contributed by atoms with E-state index in [0.717, 1.165) is 12.5 Å². The third-order valence-corrected chi connectivity index (χ3v) is 6.36. The van der Waals surface area contributed by atoms with Crippen molar-refractivity contribution in [3.05, 3.63) is 35.9 Å². The van der Waals surface area contributed by atoms with Gasteiger partial charge in [0.25, 0.3) is 0 Å². The summed E-state index contributed by atoms with van der Waals surface area (Å²) in [7, 11) is 0. The number of hydrogen-bond acceptors (Lipinski definition) is 1. The van der Waals surface area contributed by atoms with Crippen molar-refractivity contribution in [3.8, 4) is 0 Å². The van der Waals surface area contributed by atoms with Gasteiger partial charge in [-0.1, -0.05) is 50.6 Å². The van der Waals surface area contributed by atoms with Crippen LogP contribution in [0.4, 0.5) is 0 Å². The Morgan fingerprint density at radius 1 is 1.16 bits per heavy atom. The predicted molar refractivity (Wildman–Crippen MR) is 81.0 cm³/mol. The first kappa shape index (κ1) is 13.2. The first-order valence-corrected chi connectivity index (χ1v) is 7.89. The van der Waals surface area contributed by atoms with Gasteiger partial charge in [-0.25, -0.2) is 0 Å². The maximum Gasteiger partial charge on any atom is 0.0267 e. The van der Waals surface area contributed by atoms with Crippen LogP contribution < -0.4 is 0 Å². The van der Waals surface area contributed by atoms with E-state index in [1.807, 2.05) is 0 Å². The summed E-state index contributed by atoms with van der Waals surface area (Å²) in [5, 5.41) is 0. The van der Waals surface area contributed by atoms with Crippen LogP contribution in [-0.4, -0.2) is 17.0 Å². The minimum atomic E-state index is 0.414. The molecule has 2 fully saturated rings. The van der Waals surface area contributed by atoms with Crippen molar-refractivity contribution in [3.63, 3.8) is 0 Å². The Kier molecular flexibility index (Phi) is 3.21. The van der Waals surface area contributed by atoms with Crippen LogP contribution in [0, 0.1) is 11.3 Å². The van der Waals surface area contributed by atoms with Gasteiger partial charge in [0.1, 0.15) is 0 Å². The topological polar surface area (TPSA) is 3.24 Å². The van der Waals surface area contributed by atoms with Crippen LogP contribution in [0.25, 0.3) is 0 Å². The zero-order chi connectivity index (χ0) is 13.5. The van der Waals surface area contributed by atoms with Gasteiger partial charge in [-0.3, -0.25) is 4.90 Å². The normalized spacial score (nSPS) is 38.6. The lowest BCUT2D eigenvalue weighted by atomic mass is 9.71. The standard InChI is InChI=1S/C18H27N/c1-4-16-10-11-17(2)12-13-19(18(16,17)3)14-15-8-6-5-7-9-15/h5-9,16H,4,10-14H2,1-3H3/t16-,17+,18+/m0/s1. The van der Waals surface area contributed by atoms with Gasteiger partial charge in [0.15, 0.2) is 0 Å². The highest BCUT2D eigenvalue weighted by Crippen LogP contribution is 2.59. The molecule has 0 radical (unpaired) electrons. The van der Waals surface area contributed by atoms with E-state index < -0.39 is 0 Å². The molecule has 3 atom stereocenters. The monoisotopic (exact) mass is 257 g/mol. The quantitative estimate of drug-likeness (QED) is 0.772. The first-order valence-electron chi connectivity index (χ1n) is 7.89. The van der Waals surface area contributed by atoms with E-state index in [2.05, 4.69) is 56.0 Å². The molecule has 104 valence electrons. The number of rotatable bonds is 3. The third kappa shape index (κ3) is 1.86. The average Bonchev–Trinajstić information content (AvgIpc) is 2.82. The van der Waals surface area contributed by atoms with E-state index in [-0.39, 0.29) is 0 Å². The molecule has 3 rings (SSSR count). The molecule has 1 saturated heterocycles. The molecular weight excluding hydrogens is 230 g/mol. The van der Waals surface area contributed by atoms with E-state index in [1.165, 1.54) is 37.8 Å². The zero-order valence-corrected chi connectivity index (χ0v) is 12.7. The second-order valence-electron chi connectivity index (χ2n) is 7.01. The fourth-order valence-electron chi connectivity index (χ4n) is 4.80. The van der Waals surface area contributed by atoms with Gasteiger partial charge in [-0.15, -0.1) is 0 Å². The highest BCUT2D eigenvalue weighted by Gasteiger charge is 2.59. The smallest absolute Gasteiger partial charge is 0.0267 e. The summed E-state index contributed by atoms with van der Waals surface area (Å²) in [6.45, 7) is 9.86. The average molecular weight is 257 g/mol. The highest BCUT2D eigenvalue weighted by atomic mass is 15.2. The summed E-state index contributed by atoms with van der Waals surface area (Å²) in [5.74, 6) is 0.878. The third-order valence-electron chi connectivity index (χ3n) is 6.36. The Balaban J connectivity index is 1.87. The Morgan fingerprint density at radius 2 is 1.89 bits per heavy atom. The zero-order valence-electron chi connectivity index (χ0n) is 12.7. The van der Waals surface area contributed by atoms with Gasteiger partial charge in [-0.05, 0) is 49.6 Å². The molecule has 0 aromatic heterocycles. The molecule has 1 aliphatic heterocycles. The first-order chi connectivity index (χ1) is 9.10. The largest absolute Gasteiger partial charge is 0.293 e. The van der Waals surface area contributed by atoms with Gasteiger partial charge >= 0.3 is 0 Å². The number of nitrogens with zero attached hydrogens (tertiary/aromatic N) is 1. The summed E-state index contributed by atoms with van der Waals surface area (Å²) >= 11 is 0. The van der Waals surface area contributed by atoms with Crippen LogP contribution in [0.15, 0.2) is 30.3 Å². The Bertz CT molecular complexity index is 440. The van der Waals surface area contributed by atoms with Crippen LogP contribution in [0.2, 0.25) is 0 Å². The van der Waals surface area contributed by atoms with Crippen molar-refractivity contribution < 1.29 is 0 Å². The summed E-state index contributed by atoms with van der Waals surface area (Å²) in [6, 6.07) is 11.0. The number of likely N-dealkylation sites (tertiary alicyclic amines) is 1. The van der Waals surface area contributed by atoms with Gasteiger partial charge in [-0.2, -0.15) is 0 Å². The number of hydrogen-bond donors (Lipinski definition) is 0. The lowest BCUT2D eigenvalue weighted by Crippen LogP contribution is -2.50. The maximum atomic E-state index is 2.78. The molecule has 0 bridgehead atoms. The molecule has 1 saturated carbocycles. The second kappa shape index (κ2) is 4.63. The molecule has 2 aliphatic rings. The summed E-state index contributed by atoms with van der Waals surface area (Å²) in [4.78, 5) is 2.78. The van der Waals surface area contributed by atoms with Crippen LogP contribution >= 0.6 is 0 Å². The molecule has 1 aromatic rings. The minimum absolute atomic E-state index is 0.414. The Morgan fingerprint density at radius 3 is 2.58 bits per heavy atom. The Labute approximate surface area is 118 Å². The van der Waals surface area contributed by atoms with Crippen LogP contribution in [-0.2, 0) is 6.54 Å². The van der Waals surface area contributed by atoms with Gasteiger partial charge in [0.2, 0.25) is 0 Å². The molecule has 1 aliphatic carbocycles. The van der Waals surface area contributed by atoms with Crippen molar-refractivity contribution >= 4 is 0 Å². The molecule has 1 heterocycles. The van der Waals surface area contributed by atoms with Crippen LogP contribution in [0.1, 0.15) is 52.0 Å². The fourth-order valence-corrected chi connectivity index (χ4v) is 4.80. The predicted octanol–water partition coefficient (Wildman–Crippen LogP) is 4.48. The SMILES string of the molecule is CC[C@H]1CC[C@]2(C)CCN(Cc3ccccc3)[C@]12C. The molecular formula is C18H27N. The number of benzene rings is 1.